The summed E-state index contributed by atoms with van der Waals surface area (Å²) in [6.07, 6.45) is -5.00. The minimum atomic E-state index is -1.75. The average molecular weight is 270 g/mol. The third-order valence-electron chi connectivity index (χ3n) is 2.37. The number of rotatable bonds is 6. The molecule has 0 radical (unpaired) electrons. The Morgan fingerprint density at radius 2 is 1.79 bits per heavy atom. The number of phenolic OH excluding ortho intramolecular Hbond substituents is 1. The second-order valence-corrected chi connectivity index (χ2v) is 3.83. The lowest BCUT2D eigenvalue weighted by Crippen LogP contribution is -2.41. The zero-order valence-electron chi connectivity index (χ0n) is 9.84. The number of hydrogen-bond acceptors (Lipinski definition) is 7. The van der Waals surface area contributed by atoms with E-state index in [-0.39, 0.29) is 17.6 Å². The molecule has 0 saturated heterocycles. The zero-order valence-corrected chi connectivity index (χ0v) is 9.84. The van der Waals surface area contributed by atoms with E-state index in [0.717, 1.165) is 0 Å². The van der Waals surface area contributed by atoms with Crippen LogP contribution in [-0.2, 0) is 9.53 Å². The van der Waals surface area contributed by atoms with Crippen molar-refractivity contribution in [2.45, 2.75) is 18.3 Å². The molecule has 0 amide bonds. The summed E-state index contributed by atoms with van der Waals surface area (Å²) < 4.78 is 4.69. The van der Waals surface area contributed by atoms with E-state index in [2.05, 4.69) is 4.74 Å². The zero-order chi connectivity index (χ0) is 14.4. The molecular weight excluding hydrogens is 256 g/mol. The molecule has 19 heavy (non-hydrogen) atoms. The summed E-state index contributed by atoms with van der Waals surface area (Å²) in [5, 5.41) is 36.6. The van der Waals surface area contributed by atoms with Crippen molar-refractivity contribution >= 4 is 12.3 Å². The molecule has 0 aliphatic heterocycles. The van der Waals surface area contributed by atoms with Gasteiger partial charge in [0.15, 0.2) is 6.29 Å². The Hall–Kier alpha value is -1.96. The Bertz CT molecular complexity index is 428. The molecule has 0 bridgehead atoms. The van der Waals surface area contributed by atoms with Crippen LogP contribution >= 0.6 is 0 Å². The number of aliphatic hydroxyl groups excluding tert-OH is 3. The summed E-state index contributed by atoms with van der Waals surface area (Å²) in [6, 6.07) is 5.22. The first kappa shape index (κ1) is 15.1. The maximum absolute atomic E-state index is 11.5. The van der Waals surface area contributed by atoms with Crippen LogP contribution in [0, 0.1) is 0 Å². The number of phenols is 1. The van der Waals surface area contributed by atoms with Gasteiger partial charge in [-0.15, -0.1) is 0 Å². The summed E-state index contributed by atoms with van der Waals surface area (Å²) in [5.74, 6) is -0.784. The molecule has 104 valence electrons. The molecule has 1 aromatic carbocycles. The minimum Gasteiger partial charge on any atom is -0.508 e. The maximum Gasteiger partial charge on any atom is 0.338 e. The van der Waals surface area contributed by atoms with Gasteiger partial charge in [0.25, 0.3) is 0 Å². The lowest BCUT2D eigenvalue weighted by Gasteiger charge is -2.19. The monoisotopic (exact) mass is 270 g/mol. The standard InChI is InChI=1S/C12H14O7/c13-5-9(15)11(17)10(16)6-19-12(18)7-1-3-8(14)4-2-7/h1-5,9-11,14-17H,6H2/t9-,10+,11+/m0/s1. The SMILES string of the molecule is O=C[C@H](O)[C@@H](O)[C@H](O)COC(=O)c1ccc(O)cc1. The summed E-state index contributed by atoms with van der Waals surface area (Å²) in [7, 11) is 0. The number of benzene rings is 1. The number of carbonyl (C=O) groups is 2. The van der Waals surface area contributed by atoms with Gasteiger partial charge in [-0.05, 0) is 24.3 Å². The van der Waals surface area contributed by atoms with Gasteiger partial charge in [-0.1, -0.05) is 0 Å². The normalized spacial score (nSPS) is 15.3. The molecule has 0 heterocycles. The van der Waals surface area contributed by atoms with Gasteiger partial charge in [0.2, 0.25) is 0 Å². The Balaban J connectivity index is 2.50. The van der Waals surface area contributed by atoms with Crippen LogP contribution in [0.25, 0.3) is 0 Å². The Morgan fingerprint density at radius 3 is 2.32 bits per heavy atom. The third-order valence-corrected chi connectivity index (χ3v) is 2.37. The highest BCUT2D eigenvalue weighted by molar-refractivity contribution is 5.89. The van der Waals surface area contributed by atoms with Crippen LogP contribution in [0.5, 0.6) is 5.75 Å². The molecule has 1 aromatic rings. The Labute approximate surface area is 108 Å². The molecule has 0 saturated carbocycles. The van der Waals surface area contributed by atoms with Gasteiger partial charge < -0.3 is 30.0 Å². The number of aromatic hydroxyl groups is 1. The van der Waals surface area contributed by atoms with Gasteiger partial charge in [0.1, 0.15) is 30.7 Å². The topological polar surface area (TPSA) is 124 Å². The Kier molecular flexibility index (Phi) is 5.43. The van der Waals surface area contributed by atoms with Gasteiger partial charge in [-0.3, -0.25) is 0 Å². The van der Waals surface area contributed by atoms with E-state index in [0.29, 0.717) is 0 Å². The summed E-state index contributed by atoms with van der Waals surface area (Å²) in [6.45, 7) is -0.578. The van der Waals surface area contributed by atoms with Crippen LogP contribution in [0.1, 0.15) is 10.4 Å². The van der Waals surface area contributed by atoms with E-state index in [1.807, 2.05) is 0 Å². The predicted octanol–water partition coefficient (Wildman–Crippen LogP) is -1.17. The van der Waals surface area contributed by atoms with Crippen molar-refractivity contribution in [3.05, 3.63) is 29.8 Å². The highest BCUT2D eigenvalue weighted by Gasteiger charge is 2.25. The van der Waals surface area contributed by atoms with E-state index in [1.54, 1.807) is 0 Å². The van der Waals surface area contributed by atoms with Crippen molar-refractivity contribution in [2.75, 3.05) is 6.61 Å². The smallest absolute Gasteiger partial charge is 0.338 e. The number of hydrogen-bond donors (Lipinski definition) is 4. The predicted molar refractivity (Wildman–Crippen MR) is 62.5 cm³/mol. The van der Waals surface area contributed by atoms with Crippen molar-refractivity contribution in [1.29, 1.82) is 0 Å². The summed E-state index contributed by atoms with van der Waals surface area (Å²) in [5.41, 5.74) is 0.149. The molecule has 0 unspecified atom stereocenters. The molecule has 0 fully saturated rings. The molecule has 1 rings (SSSR count). The number of aldehydes is 1. The Morgan fingerprint density at radius 1 is 1.21 bits per heavy atom. The van der Waals surface area contributed by atoms with Crippen molar-refractivity contribution in [3.8, 4) is 5.75 Å². The van der Waals surface area contributed by atoms with E-state index in [9.17, 15) is 19.8 Å². The molecule has 7 heteroatoms. The van der Waals surface area contributed by atoms with E-state index in [1.165, 1.54) is 24.3 Å². The van der Waals surface area contributed by atoms with E-state index in [4.69, 9.17) is 10.2 Å². The highest BCUT2D eigenvalue weighted by atomic mass is 16.5. The fourth-order valence-electron chi connectivity index (χ4n) is 1.25. The number of esters is 1. The van der Waals surface area contributed by atoms with Crippen LogP contribution in [0.2, 0.25) is 0 Å². The van der Waals surface area contributed by atoms with Gasteiger partial charge >= 0.3 is 5.97 Å². The highest BCUT2D eigenvalue weighted by Crippen LogP contribution is 2.11. The molecule has 0 aliphatic rings. The number of aliphatic hydroxyl groups is 3. The van der Waals surface area contributed by atoms with Crippen LogP contribution in [0.15, 0.2) is 24.3 Å². The van der Waals surface area contributed by atoms with Crippen molar-refractivity contribution < 1.29 is 34.8 Å². The molecular formula is C12H14O7. The average Bonchev–Trinajstić information content (AvgIpc) is 2.43. The van der Waals surface area contributed by atoms with Gasteiger partial charge in [0, 0.05) is 0 Å². The van der Waals surface area contributed by atoms with Crippen LogP contribution in [0.3, 0.4) is 0 Å². The molecule has 3 atom stereocenters. The number of ether oxygens (including phenoxy) is 1. The molecule has 0 spiro atoms. The number of carbonyl (C=O) groups excluding carboxylic acids is 2. The van der Waals surface area contributed by atoms with Crippen molar-refractivity contribution in [1.82, 2.24) is 0 Å². The first-order valence-corrected chi connectivity index (χ1v) is 5.41. The van der Waals surface area contributed by atoms with E-state index >= 15 is 0 Å². The van der Waals surface area contributed by atoms with Gasteiger partial charge in [-0.25, -0.2) is 4.79 Å². The lowest BCUT2D eigenvalue weighted by atomic mass is 10.1. The maximum atomic E-state index is 11.5. The van der Waals surface area contributed by atoms with E-state index < -0.39 is 30.9 Å². The van der Waals surface area contributed by atoms with Crippen molar-refractivity contribution in [2.24, 2.45) is 0 Å². The second kappa shape index (κ2) is 6.83. The minimum absolute atomic E-state index is 0.0129. The molecule has 7 nitrogen and oxygen atoms in total. The van der Waals surface area contributed by atoms with Crippen LogP contribution in [-0.4, -0.2) is 57.6 Å². The molecule has 0 aromatic heterocycles. The largest absolute Gasteiger partial charge is 0.508 e. The quantitative estimate of drug-likeness (QED) is 0.379. The molecule has 0 aliphatic carbocycles. The second-order valence-electron chi connectivity index (χ2n) is 3.83. The fraction of sp³-hybridized carbons (Fsp3) is 0.333. The lowest BCUT2D eigenvalue weighted by molar-refractivity contribution is -0.128. The van der Waals surface area contributed by atoms with Crippen molar-refractivity contribution in [3.63, 3.8) is 0 Å². The van der Waals surface area contributed by atoms with Crippen LogP contribution < -0.4 is 0 Å². The first-order valence-electron chi connectivity index (χ1n) is 5.41. The molecule has 4 N–H and O–H groups in total. The van der Waals surface area contributed by atoms with Gasteiger partial charge in [-0.2, -0.15) is 0 Å². The summed E-state index contributed by atoms with van der Waals surface area (Å²) in [4.78, 5) is 21.7. The first-order chi connectivity index (χ1) is 8.95. The van der Waals surface area contributed by atoms with Gasteiger partial charge in [0.05, 0.1) is 5.56 Å². The fourth-order valence-corrected chi connectivity index (χ4v) is 1.25. The van der Waals surface area contributed by atoms with Crippen LogP contribution in [0.4, 0.5) is 0 Å². The third kappa shape index (κ3) is 4.32. The summed E-state index contributed by atoms with van der Waals surface area (Å²) >= 11 is 0.